The molecule has 1 aliphatic rings. The number of para-hydroxylation sites is 2. The molecule has 6 nitrogen and oxygen atoms in total. The third kappa shape index (κ3) is 5.70. The Hall–Kier alpha value is -2.96. The van der Waals surface area contributed by atoms with Gasteiger partial charge in [-0.25, -0.2) is 0 Å². The minimum absolute atomic E-state index is 0.117. The van der Waals surface area contributed by atoms with Crippen LogP contribution in [-0.2, 0) is 4.74 Å². The molecule has 1 fully saturated rings. The molecule has 2 aromatic carbocycles. The van der Waals surface area contributed by atoms with Gasteiger partial charge in [0.1, 0.15) is 0 Å². The van der Waals surface area contributed by atoms with E-state index < -0.39 is 0 Å². The summed E-state index contributed by atoms with van der Waals surface area (Å²) in [7, 11) is 0. The molecule has 1 aromatic heterocycles. The number of hydrogen-bond acceptors (Lipinski definition) is 6. The highest BCUT2D eigenvalue weighted by Crippen LogP contribution is 2.34. The van der Waals surface area contributed by atoms with Gasteiger partial charge in [-0.05, 0) is 44.0 Å². The third-order valence-electron chi connectivity index (χ3n) is 6.15. The molecular formula is C27H34N4O2. The number of nitrogens with one attached hydrogen (secondary N) is 2. The predicted octanol–water partition coefficient (Wildman–Crippen LogP) is 5.40. The molecule has 6 heteroatoms. The highest BCUT2D eigenvalue weighted by atomic mass is 16.5. The number of aryl methyl sites for hydroxylation is 1. The topological polar surface area (TPSA) is 66.5 Å². The molecular weight excluding hydrogens is 412 g/mol. The number of carbonyl (C=O) groups excluding carboxylic acids is 1. The van der Waals surface area contributed by atoms with Crippen molar-refractivity contribution in [2.75, 3.05) is 50.0 Å². The van der Waals surface area contributed by atoms with Gasteiger partial charge in [0.25, 0.3) is 0 Å². The van der Waals surface area contributed by atoms with Crippen LogP contribution in [0.1, 0.15) is 42.1 Å². The van der Waals surface area contributed by atoms with Gasteiger partial charge in [-0.2, -0.15) is 0 Å². The maximum absolute atomic E-state index is 12.9. The maximum atomic E-state index is 12.9. The lowest BCUT2D eigenvalue weighted by atomic mass is 10.0. The number of rotatable bonds is 10. The van der Waals surface area contributed by atoms with Crippen LogP contribution in [0.15, 0.2) is 48.7 Å². The number of ketones is 1. The highest BCUT2D eigenvalue weighted by molar-refractivity contribution is 6.10. The number of aromatic nitrogens is 1. The molecule has 2 N–H and O–H groups in total. The second-order valence-electron chi connectivity index (χ2n) is 8.60. The van der Waals surface area contributed by atoms with Crippen LogP contribution in [0.3, 0.4) is 0 Å². The van der Waals surface area contributed by atoms with E-state index in [9.17, 15) is 4.79 Å². The van der Waals surface area contributed by atoms with E-state index in [4.69, 9.17) is 9.72 Å². The Morgan fingerprint density at radius 3 is 2.67 bits per heavy atom. The molecule has 0 radical (unpaired) electrons. The Kier molecular flexibility index (Phi) is 7.92. The second kappa shape index (κ2) is 11.3. The summed E-state index contributed by atoms with van der Waals surface area (Å²) in [6.45, 7) is 9.71. The maximum Gasteiger partial charge on any atom is 0.166 e. The van der Waals surface area contributed by atoms with Gasteiger partial charge in [0, 0.05) is 43.3 Å². The minimum Gasteiger partial charge on any atom is -0.383 e. The Bertz CT molecular complexity index is 1090. The van der Waals surface area contributed by atoms with E-state index in [0.717, 1.165) is 85.8 Å². The van der Waals surface area contributed by atoms with Gasteiger partial charge < -0.3 is 15.4 Å². The molecule has 1 saturated heterocycles. The van der Waals surface area contributed by atoms with Crippen LogP contribution >= 0.6 is 0 Å². The number of benzene rings is 2. The smallest absolute Gasteiger partial charge is 0.166 e. The second-order valence-corrected chi connectivity index (χ2v) is 8.60. The first-order chi connectivity index (χ1) is 16.2. The number of carbonyl (C=O) groups is 1. The Morgan fingerprint density at radius 1 is 1.09 bits per heavy atom. The molecule has 33 heavy (non-hydrogen) atoms. The first-order valence-electron chi connectivity index (χ1n) is 12.0. The van der Waals surface area contributed by atoms with Gasteiger partial charge in [0.15, 0.2) is 5.78 Å². The lowest BCUT2D eigenvalue weighted by Gasteiger charge is -2.26. The summed E-state index contributed by atoms with van der Waals surface area (Å²) >= 11 is 0. The summed E-state index contributed by atoms with van der Waals surface area (Å²) in [5, 5.41) is 8.08. The standard InChI is InChI=1S/C27H34N4O2/c1-3-8-25(32)22-19-29-27-21(26(22)30-23-11-5-4-9-20(23)2)10-6-12-24(27)28-13-7-14-31-15-17-33-18-16-31/h4-6,9-12,19,28H,3,7-8,13-18H2,1-2H3,(H,29,30). The van der Waals surface area contributed by atoms with Crippen LogP contribution in [0, 0.1) is 6.92 Å². The van der Waals surface area contributed by atoms with Crippen molar-refractivity contribution >= 4 is 33.7 Å². The molecule has 0 aliphatic carbocycles. The fourth-order valence-electron chi connectivity index (χ4n) is 4.27. The fourth-order valence-corrected chi connectivity index (χ4v) is 4.27. The van der Waals surface area contributed by atoms with Crippen molar-refractivity contribution in [3.05, 3.63) is 59.8 Å². The first kappa shape index (κ1) is 23.2. The van der Waals surface area contributed by atoms with Gasteiger partial charge in [0.2, 0.25) is 0 Å². The van der Waals surface area contributed by atoms with Crippen LogP contribution in [-0.4, -0.2) is 55.1 Å². The summed E-state index contributed by atoms with van der Waals surface area (Å²) in [5.74, 6) is 0.117. The molecule has 0 unspecified atom stereocenters. The van der Waals surface area contributed by atoms with E-state index in [2.05, 4.69) is 34.6 Å². The van der Waals surface area contributed by atoms with Crippen molar-refractivity contribution in [2.45, 2.75) is 33.1 Å². The Labute approximate surface area is 196 Å². The van der Waals surface area contributed by atoms with E-state index in [1.54, 1.807) is 6.20 Å². The van der Waals surface area contributed by atoms with Gasteiger partial charge in [-0.3, -0.25) is 14.7 Å². The molecule has 0 saturated carbocycles. The van der Waals surface area contributed by atoms with Gasteiger partial charge in [-0.15, -0.1) is 0 Å². The largest absolute Gasteiger partial charge is 0.383 e. The molecule has 4 rings (SSSR count). The fraction of sp³-hybridized carbons (Fsp3) is 0.407. The predicted molar refractivity (Wildman–Crippen MR) is 136 cm³/mol. The number of nitrogens with zero attached hydrogens (tertiary/aromatic N) is 2. The number of anilines is 3. The molecule has 0 bridgehead atoms. The molecule has 2 heterocycles. The van der Waals surface area contributed by atoms with Gasteiger partial charge in [0.05, 0.1) is 35.7 Å². The van der Waals surface area contributed by atoms with Crippen molar-refractivity contribution in [1.82, 2.24) is 9.88 Å². The zero-order chi connectivity index (χ0) is 23.0. The van der Waals surface area contributed by atoms with Crippen LogP contribution in [0.4, 0.5) is 17.1 Å². The average Bonchev–Trinajstić information content (AvgIpc) is 2.84. The van der Waals surface area contributed by atoms with E-state index in [1.165, 1.54) is 0 Å². The number of fused-ring (bicyclic) bond motifs is 1. The summed E-state index contributed by atoms with van der Waals surface area (Å²) in [4.78, 5) is 20.1. The zero-order valence-electron chi connectivity index (χ0n) is 19.7. The molecule has 3 aromatic rings. The number of morpholine rings is 1. The van der Waals surface area contributed by atoms with Crippen molar-refractivity contribution < 1.29 is 9.53 Å². The number of pyridine rings is 1. The van der Waals surface area contributed by atoms with Crippen LogP contribution in [0.2, 0.25) is 0 Å². The van der Waals surface area contributed by atoms with E-state index in [0.29, 0.717) is 12.0 Å². The normalized spacial score (nSPS) is 14.4. The quantitative estimate of drug-likeness (QED) is 0.321. The Morgan fingerprint density at radius 2 is 1.88 bits per heavy atom. The van der Waals surface area contributed by atoms with Gasteiger partial charge >= 0.3 is 0 Å². The van der Waals surface area contributed by atoms with E-state index in [-0.39, 0.29) is 5.78 Å². The Balaban J connectivity index is 1.59. The van der Waals surface area contributed by atoms with Crippen molar-refractivity contribution in [3.63, 3.8) is 0 Å². The van der Waals surface area contributed by atoms with Crippen molar-refractivity contribution in [2.24, 2.45) is 0 Å². The number of hydrogen-bond donors (Lipinski definition) is 2. The average molecular weight is 447 g/mol. The molecule has 0 spiro atoms. The van der Waals surface area contributed by atoms with Crippen molar-refractivity contribution in [1.29, 1.82) is 0 Å². The monoisotopic (exact) mass is 446 g/mol. The third-order valence-corrected chi connectivity index (χ3v) is 6.15. The molecule has 1 aliphatic heterocycles. The summed E-state index contributed by atoms with van der Waals surface area (Å²) in [5.41, 5.74) is 5.50. The number of Topliss-reactive ketones (excluding diaryl/α,β-unsaturated/α-hetero) is 1. The van der Waals surface area contributed by atoms with Crippen LogP contribution in [0.25, 0.3) is 10.9 Å². The summed E-state index contributed by atoms with van der Waals surface area (Å²) in [6, 6.07) is 14.3. The van der Waals surface area contributed by atoms with E-state index >= 15 is 0 Å². The molecule has 174 valence electrons. The van der Waals surface area contributed by atoms with Crippen LogP contribution in [0.5, 0.6) is 0 Å². The highest BCUT2D eigenvalue weighted by Gasteiger charge is 2.17. The summed E-state index contributed by atoms with van der Waals surface area (Å²) < 4.78 is 5.43. The molecule has 0 atom stereocenters. The van der Waals surface area contributed by atoms with Crippen LogP contribution < -0.4 is 10.6 Å². The first-order valence-corrected chi connectivity index (χ1v) is 12.0. The summed E-state index contributed by atoms with van der Waals surface area (Å²) in [6.07, 6.45) is 4.11. The van der Waals surface area contributed by atoms with Crippen molar-refractivity contribution in [3.8, 4) is 0 Å². The minimum atomic E-state index is 0.117. The zero-order valence-corrected chi connectivity index (χ0v) is 19.7. The van der Waals surface area contributed by atoms with Gasteiger partial charge in [-0.1, -0.05) is 37.3 Å². The number of ether oxygens (including phenoxy) is 1. The SMILES string of the molecule is CCCC(=O)c1cnc2c(NCCCN3CCOCC3)cccc2c1Nc1ccccc1C. The van der Waals surface area contributed by atoms with E-state index in [1.807, 2.05) is 37.3 Å². The lowest BCUT2D eigenvalue weighted by molar-refractivity contribution is 0.0378. The molecule has 0 amide bonds. The lowest BCUT2D eigenvalue weighted by Crippen LogP contribution is -2.37.